The average Bonchev–Trinajstić information content (AvgIpc) is 3.44. The normalized spacial score (nSPS) is 19.8. The van der Waals surface area contributed by atoms with Crippen LogP contribution < -0.4 is 5.32 Å². The van der Waals surface area contributed by atoms with Crippen molar-refractivity contribution in [3.05, 3.63) is 108 Å². The van der Waals surface area contributed by atoms with Crippen molar-refractivity contribution in [1.29, 1.82) is 0 Å². The monoisotopic (exact) mass is 538 g/mol. The molecular formula is C34H38N2O4. The van der Waals surface area contributed by atoms with Gasteiger partial charge in [0, 0.05) is 31.6 Å². The van der Waals surface area contributed by atoms with E-state index < -0.39 is 23.9 Å². The molecule has 3 aromatic rings. The summed E-state index contributed by atoms with van der Waals surface area (Å²) in [5, 5.41) is 2.91. The number of hydrogen-bond donors (Lipinski definition) is 1. The number of rotatable bonds is 10. The van der Waals surface area contributed by atoms with Gasteiger partial charge in [0.1, 0.15) is 0 Å². The first kappa shape index (κ1) is 27.6. The van der Waals surface area contributed by atoms with Crippen LogP contribution in [-0.2, 0) is 32.1 Å². The standard InChI is InChI=1S/C34H38N2O4/c37-31(36-23-28-18-10-11-19-29(28)24-36)21-30(20-25-12-4-1-5-13-25)34(39)40-32(27-16-8-3-9-17-27)33(38)35-22-26-14-6-2-7-15-26/h1-9,12-17,28-30,32H,10-11,18-24H2,(H,35,38)/t28-,29+,30-,32-/m0/s1. The molecule has 3 aromatic carbocycles. The number of hydrogen-bond acceptors (Lipinski definition) is 4. The molecule has 4 atom stereocenters. The molecule has 1 saturated carbocycles. The maximum Gasteiger partial charge on any atom is 0.310 e. The molecule has 5 rings (SSSR count). The second-order valence-corrected chi connectivity index (χ2v) is 11.1. The highest BCUT2D eigenvalue weighted by Gasteiger charge is 2.38. The Morgan fingerprint density at radius 3 is 1.93 bits per heavy atom. The van der Waals surface area contributed by atoms with Gasteiger partial charge in [-0.2, -0.15) is 0 Å². The van der Waals surface area contributed by atoms with E-state index in [0.717, 1.165) is 24.2 Å². The van der Waals surface area contributed by atoms with Gasteiger partial charge in [-0.15, -0.1) is 0 Å². The Hall–Kier alpha value is -3.93. The molecule has 0 spiro atoms. The quantitative estimate of drug-likeness (QED) is 0.347. The van der Waals surface area contributed by atoms with E-state index in [1.54, 1.807) is 12.1 Å². The fourth-order valence-electron chi connectivity index (χ4n) is 6.08. The van der Waals surface area contributed by atoms with Crippen LogP contribution in [-0.4, -0.2) is 35.8 Å². The lowest BCUT2D eigenvalue weighted by Crippen LogP contribution is -2.36. The summed E-state index contributed by atoms with van der Waals surface area (Å²) in [4.78, 5) is 42.5. The molecule has 2 amide bonds. The van der Waals surface area contributed by atoms with E-state index in [9.17, 15) is 14.4 Å². The van der Waals surface area contributed by atoms with Crippen LogP contribution in [0.3, 0.4) is 0 Å². The van der Waals surface area contributed by atoms with Gasteiger partial charge in [-0.1, -0.05) is 104 Å². The summed E-state index contributed by atoms with van der Waals surface area (Å²) in [5.41, 5.74) is 2.50. The van der Waals surface area contributed by atoms with Crippen LogP contribution in [0.4, 0.5) is 0 Å². The van der Waals surface area contributed by atoms with E-state index in [2.05, 4.69) is 5.32 Å². The molecule has 1 aliphatic carbocycles. The number of nitrogens with one attached hydrogen (secondary N) is 1. The Balaban J connectivity index is 1.31. The van der Waals surface area contributed by atoms with Gasteiger partial charge in [0.05, 0.1) is 5.92 Å². The highest BCUT2D eigenvalue weighted by Crippen LogP contribution is 2.36. The first-order chi connectivity index (χ1) is 19.6. The molecule has 2 fully saturated rings. The van der Waals surface area contributed by atoms with E-state index in [0.29, 0.717) is 30.4 Å². The van der Waals surface area contributed by atoms with Crippen molar-refractivity contribution in [3.8, 4) is 0 Å². The van der Waals surface area contributed by atoms with Gasteiger partial charge in [-0.05, 0) is 42.2 Å². The number of benzene rings is 3. The van der Waals surface area contributed by atoms with Crippen LogP contribution in [0.2, 0.25) is 0 Å². The minimum Gasteiger partial charge on any atom is -0.447 e. The molecule has 6 nitrogen and oxygen atoms in total. The molecule has 0 aromatic heterocycles. The van der Waals surface area contributed by atoms with E-state index >= 15 is 0 Å². The second kappa shape index (κ2) is 13.4. The fourth-order valence-corrected chi connectivity index (χ4v) is 6.08. The van der Waals surface area contributed by atoms with Crippen molar-refractivity contribution in [1.82, 2.24) is 10.2 Å². The third kappa shape index (κ3) is 7.17. The molecular weight excluding hydrogens is 500 g/mol. The molecule has 208 valence electrons. The number of ether oxygens (including phenoxy) is 1. The van der Waals surface area contributed by atoms with Crippen molar-refractivity contribution < 1.29 is 19.1 Å². The Kier molecular flexibility index (Phi) is 9.27. The maximum atomic E-state index is 13.7. The zero-order valence-electron chi connectivity index (χ0n) is 22.9. The fraction of sp³-hybridized carbons (Fsp3) is 0.382. The van der Waals surface area contributed by atoms with E-state index in [1.165, 1.54) is 25.7 Å². The number of nitrogens with zero attached hydrogens (tertiary/aromatic N) is 1. The number of likely N-dealkylation sites (tertiary alicyclic amines) is 1. The third-order valence-electron chi connectivity index (χ3n) is 8.29. The summed E-state index contributed by atoms with van der Waals surface area (Å²) >= 11 is 0. The summed E-state index contributed by atoms with van der Waals surface area (Å²) in [6, 6.07) is 28.3. The number of fused-ring (bicyclic) bond motifs is 1. The van der Waals surface area contributed by atoms with Crippen molar-refractivity contribution in [2.45, 2.75) is 51.2 Å². The van der Waals surface area contributed by atoms with Gasteiger partial charge in [0.2, 0.25) is 12.0 Å². The van der Waals surface area contributed by atoms with Gasteiger partial charge in [-0.3, -0.25) is 14.4 Å². The van der Waals surface area contributed by atoms with Gasteiger partial charge >= 0.3 is 5.97 Å². The minimum absolute atomic E-state index is 0.00271. The first-order valence-electron chi connectivity index (χ1n) is 14.5. The zero-order valence-corrected chi connectivity index (χ0v) is 22.9. The first-order valence-corrected chi connectivity index (χ1v) is 14.5. The number of amides is 2. The Morgan fingerprint density at radius 2 is 1.32 bits per heavy atom. The molecule has 0 unspecified atom stereocenters. The van der Waals surface area contributed by atoms with E-state index in [1.807, 2.05) is 83.8 Å². The molecule has 1 aliphatic heterocycles. The van der Waals surface area contributed by atoms with Gasteiger partial charge in [0.25, 0.3) is 5.91 Å². The van der Waals surface area contributed by atoms with E-state index in [-0.39, 0.29) is 12.3 Å². The van der Waals surface area contributed by atoms with Crippen LogP contribution in [0.15, 0.2) is 91.0 Å². The molecule has 1 saturated heterocycles. The molecule has 0 bridgehead atoms. The largest absolute Gasteiger partial charge is 0.447 e. The number of carbonyl (C=O) groups excluding carboxylic acids is 3. The molecule has 6 heteroatoms. The van der Waals surface area contributed by atoms with Crippen molar-refractivity contribution in [2.75, 3.05) is 13.1 Å². The van der Waals surface area contributed by atoms with E-state index in [4.69, 9.17) is 4.74 Å². The minimum atomic E-state index is -1.11. The maximum absolute atomic E-state index is 13.7. The van der Waals surface area contributed by atoms with Crippen LogP contribution in [0.1, 0.15) is 54.9 Å². The second-order valence-electron chi connectivity index (χ2n) is 11.1. The van der Waals surface area contributed by atoms with Gasteiger partial charge < -0.3 is 15.0 Å². The molecule has 40 heavy (non-hydrogen) atoms. The summed E-state index contributed by atoms with van der Waals surface area (Å²) in [5.74, 6) is -0.460. The Bertz CT molecular complexity index is 1250. The highest BCUT2D eigenvalue weighted by molar-refractivity contribution is 5.87. The van der Waals surface area contributed by atoms with Gasteiger partial charge in [-0.25, -0.2) is 0 Å². The third-order valence-corrected chi connectivity index (χ3v) is 8.29. The summed E-state index contributed by atoms with van der Waals surface area (Å²) in [6.45, 7) is 1.89. The van der Waals surface area contributed by atoms with Crippen molar-refractivity contribution in [2.24, 2.45) is 17.8 Å². The lowest BCUT2D eigenvalue weighted by atomic mass is 9.82. The summed E-state index contributed by atoms with van der Waals surface area (Å²) in [7, 11) is 0. The van der Waals surface area contributed by atoms with Crippen LogP contribution in [0.5, 0.6) is 0 Å². The lowest BCUT2D eigenvalue weighted by molar-refractivity contribution is -0.162. The Labute approximate surface area is 236 Å². The SMILES string of the molecule is O=C(O[C@H](C(=O)NCc1ccccc1)c1ccccc1)[C@H](CC(=O)N1C[C@H]2CCCC[C@H]2C1)Cc1ccccc1. The number of carbonyl (C=O) groups is 3. The Morgan fingerprint density at radius 1 is 0.775 bits per heavy atom. The zero-order chi connectivity index (χ0) is 27.7. The molecule has 1 N–H and O–H groups in total. The lowest BCUT2D eigenvalue weighted by Gasteiger charge is -2.24. The average molecular weight is 539 g/mol. The predicted octanol–water partition coefficient (Wildman–Crippen LogP) is 5.48. The van der Waals surface area contributed by atoms with Crippen LogP contribution in [0.25, 0.3) is 0 Å². The van der Waals surface area contributed by atoms with Crippen LogP contribution >= 0.6 is 0 Å². The highest BCUT2D eigenvalue weighted by atomic mass is 16.5. The van der Waals surface area contributed by atoms with Crippen LogP contribution in [0, 0.1) is 17.8 Å². The smallest absolute Gasteiger partial charge is 0.310 e. The number of esters is 1. The molecule has 2 aliphatic rings. The molecule has 1 heterocycles. The molecule has 0 radical (unpaired) electrons. The summed E-state index contributed by atoms with van der Waals surface area (Å²) < 4.78 is 5.96. The predicted molar refractivity (Wildman–Crippen MR) is 154 cm³/mol. The summed E-state index contributed by atoms with van der Waals surface area (Å²) in [6.07, 6.45) is 4.17. The van der Waals surface area contributed by atoms with Gasteiger partial charge in [0.15, 0.2) is 0 Å². The topological polar surface area (TPSA) is 75.7 Å². The van der Waals surface area contributed by atoms with Crippen molar-refractivity contribution in [3.63, 3.8) is 0 Å². The van der Waals surface area contributed by atoms with Crippen molar-refractivity contribution >= 4 is 17.8 Å².